The predicted molar refractivity (Wildman–Crippen MR) is 94.8 cm³/mol. The summed E-state index contributed by atoms with van der Waals surface area (Å²) in [6.07, 6.45) is -4.64. The number of amides is 2. The van der Waals surface area contributed by atoms with Gasteiger partial charge in [0.05, 0.1) is 17.2 Å². The normalized spacial score (nSPS) is 17.0. The van der Waals surface area contributed by atoms with E-state index in [2.05, 4.69) is 10.6 Å². The van der Waals surface area contributed by atoms with Crippen LogP contribution < -0.4 is 10.6 Å². The highest BCUT2D eigenvalue weighted by Gasteiger charge is 2.39. The van der Waals surface area contributed by atoms with E-state index in [1.807, 2.05) is 6.07 Å². The molecule has 1 atom stereocenters. The van der Waals surface area contributed by atoms with Gasteiger partial charge in [-0.25, -0.2) is 9.59 Å². The zero-order valence-corrected chi connectivity index (χ0v) is 14.8. The summed E-state index contributed by atoms with van der Waals surface area (Å²) in [6, 6.07) is 11.7. The van der Waals surface area contributed by atoms with Gasteiger partial charge in [-0.3, -0.25) is 0 Å². The van der Waals surface area contributed by atoms with Gasteiger partial charge in [0.25, 0.3) is 0 Å². The van der Waals surface area contributed by atoms with Crippen LogP contribution in [0.3, 0.4) is 0 Å². The van der Waals surface area contributed by atoms with Crippen molar-refractivity contribution < 1.29 is 27.5 Å². The van der Waals surface area contributed by atoms with Crippen molar-refractivity contribution in [3.63, 3.8) is 0 Å². The quantitative estimate of drug-likeness (QED) is 0.774. The molecule has 0 aromatic heterocycles. The summed E-state index contributed by atoms with van der Waals surface area (Å²) in [5, 5.41) is 4.81. The van der Waals surface area contributed by atoms with Crippen molar-refractivity contribution >= 4 is 12.0 Å². The summed E-state index contributed by atoms with van der Waals surface area (Å²) in [6.45, 7) is 1.40. The van der Waals surface area contributed by atoms with Gasteiger partial charge in [0.2, 0.25) is 0 Å². The number of ether oxygens (including phenoxy) is 1. The summed E-state index contributed by atoms with van der Waals surface area (Å²) in [7, 11) is 0. The molecule has 2 N–H and O–H groups in total. The topological polar surface area (TPSA) is 67.4 Å². The molecule has 0 bridgehead atoms. The van der Waals surface area contributed by atoms with E-state index in [1.54, 1.807) is 24.3 Å². The molecule has 1 aliphatic heterocycles. The molecule has 2 amide bonds. The number of urea groups is 1. The van der Waals surface area contributed by atoms with Crippen LogP contribution in [0.1, 0.15) is 29.7 Å². The maximum atomic E-state index is 13.4. The van der Waals surface area contributed by atoms with E-state index >= 15 is 0 Å². The summed E-state index contributed by atoms with van der Waals surface area (Å²) in [4.78, 5) is 24.6. The third-order valence-electron chi connectivity index (χ3n) is 4.28. The van der Waals surface area contributed by atoms with Gasteiger partial charge in [-0.2, -0.15) is 13.2 Å². The van der Waals surface area contributed by atoms with Crippen LogP contribution in [0, 0.1) is 0 Å². The van der Waals surface area contributed by atoms with E-state index in [0.29, 0.717) is 0 Å². The SMILES string of the molecule is CC1=C(C(=O)OCc2ccccc2)C(c2ccccc2C(F)(F)F)NC(=O)N1. The van der Waals surface area contributed by atoms with Crippen LogP contribution in [0.15, 0.2) is 65.9 Å². The summed E-state index contributed by atoms with van der Waals surface area (Å²) in [5.74, 6) is -0.809. The second kappa shape index (κ2) is 7.75. The van der Waals surface area contributed by atoms with Crippen LogP contribution in [0.4, 0.5) is 18.0 Å². The molecule has 28 heavy (non-hydrogen) atoms. The first-order valence-electron chi connectivity index (χ1n) is 8.43. The first-order chi connectivity index (χ1) is 13.3. The Labute approximate surface area is 159 Å². The predicted octanol–water partition coefficient (Wildman–Crippen LogP) is 4.08. The van der Waals surface area contributed by atoms with Crippen LogP contribution in [0.5, 0.6) is 0 Å². The van der Waals surface area contributed by atoms with Crippen molar-refractivity contribution in [1.29, 1.82) is 0 Å². The number of hydrogen-bond acceptors (Lipinski definition) is 3. The lowest BCUT2D eigenvalue weighted by atomic mass is 9.91. The molecule has 0 saturated heterocycles. The number of carbonyl (C=O) groups is 2. The van der Waals surface area contributed by atoms with E-state index in [4.69, 9.17) is 4.74 Å². The number of rotatable bonds is 4. The third-order valence-corrected chi connectivity index (χ3v) is 4.28. The average molecular weight is 390 g/mol. The van der Waals surface area contributed by atoms with Gasteiger partial charge in [0.15, 0.2) is 0 Å². The van der Waals surface area contributed by atoms with Crippen molar-refractivity contribution in [3.8, 4) is 0 Å². The number of halogens is 3. The van der Waals surface area contributed by atoms with Gasteiger partial charge < -0.3 is 15.4 Å². The summed E-state index contributed by atoms with van der Waals surface area (Å²) >= 11 is 0. The molecule has 0 spiro atoms. The number of nitrogens with one attached hydrogen (secondary N) is 2. The highest BCUT2D eigenvalue weighted by Crippen LogP contribution is 2.38. The molecule has 2 aromatic carbocycles. The van der Waals surface area contributed by atoms with Crippen molar-refractivity contribution in [2.75, 3.05) is 0 Å². The molecule has 1 aliphatic rings. The van der Waals surface area contributed by atoms with Gasteiger partial charge in [-0.05, 0) is 24.1 Å². The maximum Gasteiger partial charge on any atom is 0.416 e. The van der Waals surface area contributed by atoms with Crippen LogP contribution in [0.2, 0.25) is 0 Å². The zero-order valence-electron chi connectivity index (χ0n) is 14.8. The first kappa shape index (κ1) is 19.5. The Morgan fingerprint density at radius 1 is 1.07 bits per heavy atom. The van der Waals surface area contributed by atoms with Crippen LogP contribution >= 0.6 is 0 Å². The summed E-state index contributed by atoms with van der Waals surface area (Å²) in [5.41, 5.74) is -0.357. The van der Waals surface area contributed by atoms with Crippen LogP contribution in [-0.4, -0.2) is 12.0 Å². The molecular weight excluding hydrogens is 373 g/mol. The molecular formula is C20H17F3N2O3. The van der Waals surface area contributed by atoms with Crippen molar-refractivity contribution in [1.82, 2.24) is 10.6 Å². The van der Waals surface area contributed by atoms with Crippen LogP contribution in [-0.2, 0) is 22.3 Å². The molecule has 8 heteroatoms. The lowest BCUT2D eigenvalue weighted by Crippen LogP contribution is -2.45. The minimum Gasteiger partial charge on any atom is -0.457 e. The molecule has 0 aliphatic carbocycles. The Balaban J connectivity index is 1.95. The second-order valence-corrected chi connectivity index (χ2v) is 6.22. The molecule has 0 fully saturated rings. The standard InChI is InChI=1S/C20H17F3N2O3/c1-12-16(18(26)28-11-13-7-3-2-4-8-13)17(25-19(27)24-12)14-9-5-6-10-15(14)20(21,22)23/h2-10,17H,11H2,1H3,(H2,24,25,27). The Hall–Kier alpha value is -3.29. The maximum absolute atomic E-state index is 13.4. The molecule has 0 saturated carbocycles. The Kier molecular flexibility index (Phi) is 5.39. The van der Waals surface area contributed by atoms with E-state index in [-0.39, 0.29) is 23.4 Å². The minimum atomic E-state index is -4.64. The lowest BCUT2D eigenvalue weighted by molar-refractivity contribution is -0.142. The molecule has 3 rings (SSSR count). The van der Waals surface area contributed by atoms with E-state index < -0.39 is 29.8 Å². The van der Waals surface area contributed by atoms with Crippen molar-refractivity contribution in [2.24, 2.45) is 0 Å². The Morgan fingerprint density at radius 3 is 2.39 bits per heavy atom. The molecule has 1 heterocycles. The lowest BCUT2D eigenvalue weighted by Gasteiger charge is -2.29. The van der Waals surface area contributed by atoms with E-state index in [0.717, 1.165) is 11.6 Å². The highest BCUT2D eigenvalue weighted by atomic mass is 19.4. The van der Waals surface area contributed by atoms with E-state index in [1.165, 1.54) is 25.1 Å². The number of hydrogen-bond donors (Lipinski definition) is 2. The third kappa shape index (κ3) is 4.16. The fourth-order valence-electron chi connectivity index (χ4n) is 3.01. The zero-order chi connectivity index (χ0) is 20.3. The second-order valence-electron chi connectivity index (χ2n) is 6.22. The fraction of sp³-hybridized carbons (Fsp3) is 0.200. The number of carbonyl (C=O) groups excluding carboxylic acids is 2. The summed E-state index contributed by atoms with van der Waals surface area (Å²) < 4.78 is 45.6. The van der Waals surface area contributed by atoms with Gasteiger partial charge in [-0.1, -0.05) is 48.5 Å². The minimum absolute atomic E-state index is 0.0436. The van der Waals surface area contributed by atoms with Crippen molar-refractivity contribution in [3.05, 3.63) is 82.6 Å². The molecule has 146 valence electrons. The van der Waals surface area contributed by atoms with Gasteiger partial charge >= 0.3 is 18.2 Å². The largest absolute Gasteiger partial charge is 0.457 e. The number of esters is 1. The van der Waals surface area contributed by atoms with Crippen molar-refractivity contribution in [2.45, 2.75) is 25.7 Å². The molecule has 2 aromatic rings. The molecule has 0 radical (unpaired) electrons. The number of benzene rings is 2. The number of alkyl halides is 3. The first-order valence-corrected chi connectivity index (χ1v) is 8.43. The van der Waals surface area contributed by atoms with Gasteiger partial charge in [-0.15, -0.1) is 0 Å². The van der Waals surface area contributed by atoms with Crippen LogP contribution in [0.25, 0.3) is 0 Å². The monoisotopic (exact) mass is 390 g/mol. The fourth-order valence-corrected chi connectivity index (χ4v) is 3.01. The Bertz CT molecular complexity index is 924. The average Bonchev–Trinajstić information content (AvgIpc) is 2.65. The molecule has 1 unspecified atom stereocenters. The Morgan fingerprint density at radius 2 is 1.71 bits per heavy atom. The van der Waals surface area contributed by atoms with Gasteiger partial charge in [0, 0.05) is 5.70 Å². The van der Waals surface area contributed by atoms with E-state index in [9.17, 15) is 22.8 Å². The highest BCUT2D eigenvalue weighted by molar-refractivity contribution is 5.95. The number of allylic oxidation sites excluding steroid dienone is 1. The smallest absolute Gasteiger partial charge is 0.416 e. The van der Waals surface area contributed by atoms with Gasteiger partial charge in [0.1, 0.15) is 6.61 Å². The molecule has 5 nitrogen and oxygen atoms in total.